The Hall–Kier alpha value is -3.26. The van der Waals surface area contributed by atoms with E-state index in [9.17, 15) is 14.7 Å². The second-order valence-electron chi connectivity index (χ2n) is 12.7. The van der Waals surface area contributed by atoms with E-state index in [-0.39, 0.29) is 12.7 Å². The number of aromatic nitrogens is 4. The highest BCUT2D eigenvalue weighted by Crippen LogP contribution is 2.46. The van der Waals surface area contributed by atoms with Gasteiger partial charge in [0, 0.05) is 35.5 Å². The number of fused-ring (bicyclic) bond motifs is 2. The van der Waals surface area contributed by atoms with Gasteiger partial charge < -0.3 is 29.8 Å². The Kier molecular flexibility index (Phi) is 8.33. The van der Waals surface area contributed by atoms with Crippen molar-refractivity contribution in [2.45, 2.75) is 81.4 Å². The molecule has 0 radical (unpaired) electrons. The molecule has 3 aliphatic rings. The van der Waals surface area contributed by atoms with Crippen LogP contribution in [0.2, 0.25) is 0 Å². The first-order valence-electron chi connectivity index (χ1n) is 15.0. The number of anilines is 1. The number of hydrogen-bond donors (Lipinski definition) is 2. The van der Waals surface area contributed by atoms with Crippen LogP contribution in [0.5, 0.6) is 11.5 Å². The Labute approximate surface area is 268 Å². The highest BCUT2D eigenvalue weighted by Gasteiger charge is 2.57. The van der Waals surface area contributed by atoms with Crippen LogP contribution < -0.4 is 15.2 Å². The summed E-state index contributed by atoms with van der Waals surface area (Å²) in [6.07, 6.45) is 5.20. The summed E-state index contributed by atoms with van der Waals surface area (Å²) < 4.78 is 14.1. The minimum atomic E-state index is -1.05. The number of amides is 2. The van der Waals surface area contributed by atoms with Crippen molar-refractivity contribution < 1.29 is 24.2 Å². The van der Waals surface area contributed by atoms with Crippen molar-refractivity contribution in [3.8, 4) is 11.5 Å². The standard InChI is InChI=1S/C30H38BrN7O5S/c1-29(2,3)30(9-4-5-10-38(30)28(40)41)26(39)36-11-6-18(7-12-36)8-13-37-25-23(24(32)33-16-34-25)35-27(37)44-22-15-21-20(14-19(22)31)42-17-43-21/h14-16,18H,4-13,17H2,1-3H3,(H,40,41)(H2,32,33,34)/t30-/m1/s1. The second kappa shape index (κ2) is 11.9. The number of ether oxygens (including phenoxy) is 2. The van der Waals surface area contributed by atoms with Gasteiger partial charge in [0.15, 0.2) is 33.6 Å². The van der Waals surface area contributed by atoms with Crippen molar-refractivity contribution in [3.63, 3.8) is 0 Å². The van der Waals surface area contributed by atoms with Gasteiger partial charge in [-0.15, -0.1) is 0 Å². The quantitative estimate of drug-likeness (QED) is 0.334. The van der Waals surface area contributed by atoms with Crippen LogP contribution in [-0.2, 0) is 11.3 Å². The molecule has 3 aliphatic heterocycles. The molecular weight excluding hydrogens is 650 g/mol. The zero-order chi connectivity index (χ0) is 31.2. The third-order valence-corrected chi connectivity index (χ3v) is 11.2. The summed E-state index contributed by atoms with van der Waals surface area (Å²) in [5, 5.41) is 10.8. The summed E-state index contributed by atoms with van der Waals surface area (Å²) in [7, 11) is 0. The van der Waals surface area contributed by atoms with E-state index in [0.29, 0.717) is 67.0 Å². The molecule has 0 saturated carbocycles. The van der Waals surface area contributed by atoms with Gasteiger partial charge in [-0.05, 0) is 77.9 Å². The largest absolute Gasteiger partial charge is 0.465 e. The number of nitrogens with two attached hydrogens (primary N) is 1. The number of hydrogen-bond acceptors (Lipinski definition) is 9. The SMILES string of the molecule is CC(C)(C)[C@]1(C(=O)N2CCC(CCn3c(Sc4cc5c(cc4Br)OCO5)nc4c(N)ncnc43)CC2)CCCCN1C(=O)O. The van der Waals surface area contributed by atoms with Gasteiger partial charge in [0.05, 0.1) is 0 Å². The third kappa shape index (κ3) is 5.44. The van der Waals surface area contributed by atoms with Gasteiger partial charge in [0.25, 0.3) is 0 Å². The molecule has 14 heteroatoms. The van der Waals surface area contributed by atoms with E-state index in [2.05, 4.69) is 30.5 Å². The Morgan fingerprint density at radius 3 is 2.57 bits per heavy atom. The molecule has 236 valence electrons. The van der Waals surface area contributed by atoms with E-state index in [1.807, 2.05) is 37.8 Å². The third-order valence-electron chi connectivity index (χ3n) is 9.27. The first-order chi connectivity index (χ1) is 21.0. The van der Waals surface area contributed by atoms with Crippen LogP contribution in [0.3, 0.4) is 0 Å². The van der Waals surface area contributed by atoms with Crippen molar-refractivity contribution >= 4 is 56.7 Å². The maximum Gasteiger partial charge on any atom is 0.408 e. The number of piperidine rings is 2. The first kappa shape index (κ1) is 30.8. The average molecular weight is 689 g/mol. The summed E-state index contributed by atoms with van der Waals surface area (Å²) in [6.45, 7) is 8.45. The van der Waals surface area contributed by atoms with Crippen LogP contribution in [0.1, 0.15) is 59.3 Å². The first-order valence-corrected chi connectivity index (χ1v) is 16.6. The van der Waals surface area contributed by atoms with Crippen LogP contribution in [0.15, 0.2) is 33.0 Å². The Morgan fingerprint density at radius 1 is 1.14 bits per heavy atom. The zero-order valence-corrected chi connectivity index (χ0v) is 27.6. The van der Waals surface area contributed by atoms with E-state index < -0.39 is 17.0 Å². The molecule has 2 saturated heterocycles. The van der Waals surface area contributed by atoms with Gasteiger partial charge in [-0.2, -0.15) is 0 Å². The number of rotatable bonds is 6. The number of carbonyl (C=O) groups excluding carboxylic acids is 1. The van der Waals surface area contributed by atoms with Crippen LogP contribution in [-0.4, -0.2) is 78.4 Å². The molecule has 6 rings (SSSR count). The molecule has 44 heavy (non-hydrogen) atoms. The van der Waals surface area contributed by atoms with Crippen molar-refractivity contribution in [1.29, 1.82) is 0 Å². The molecule has 0 bridgehead atoms. The van der Waals surface area contributed by atoms with Crippen molar-refractivity contribution in [1.82, 2.24) is 29.3 Å². The molecule has 1 atom stereocenters. The summed E-state index contributed by atoms with van der Waals surface area (Å²) in [5.74, 6) is 2.05. The van der Waals surface area contributed by atoms with Gasteiger partial charge in [-0.3, -0.25) is 9.69 Å². The number of halogens is 1. The highest BCUT2D eigenvalue weighted by atomic mass is 79.9. The van der Waals surface area contributed by atoms with E-state index >= 15 is 0 Å². The molecule has 2 fully saturated rings. The molecule has 3 aromatic rings. The van der Waals surface area contributed by atoms with Crippen molar-refractivity contribution in [2.24, 2.45) is 11.3 Å². The molecule has 2 amide bonds. The second-order valence-corrected chi connectivity index (χ2v) is 14.6. The predicted octanol–water partition coefficient (Wildman–Crippen LogP) is 5.63. The number of likely N-dealkylation sites (tertiary alicyclic amines) is 2. The lowest BCUT2D eigenvalue weighted by molar-refractivity contribution is -0.156. The molecule has 1 aromatic carbocycles. The minimum Gasteiger partial charge on any atom is -0.465 e. The van der Waals surface area contributed by atoms with E-state index in [0.717, 1.165) is 46.6 Å². The fourth-order valence-electron chi connectivity index (χ4n) is 6.85. The van der Waals surface area contributed by atoms with E-state index in [4.69, 9.17) is 20.2 Å². The number of carbonyl (C=O) groups is 2. The van der Waals surface area contributed by atoms with E-state index in [1.165, 1.54) is 23.0 Å². The summed E-state index contributed by atoms with van der Waals surface area (Å²) in [6, 6.07) is 3.83. The molecule has 5 heterocycles. The molecule has 12 nitrogen and oxygen atoms in total. The molecule has 0 aliphatic carbocycles. The van der Waals surface area contributed by atoms with Gasteiger partial charge in [-0.25, -0.2) is 19.7 Å². The molecule has 2 aromatic heterocycles. The van der Waals surface area contributed by atoms with Gasteiger partial charge in [-0.1, -0.05) is 32.5 Å². The van der Waals surface area contributed by atoms with Gasteiger partial charge in [0.2, 0.25) is 12.7 Å². The lowest BCUT2D eigenvalue weighted by Crippen LogP contribution is -2.69. The molecule has 3 N–H and O–H groups in total. The summed E-state index contributed by atoms with van der Waals surface area (Å²) >= 11 is 5.14. The lowest BCUT2D eigenvalue weighted by Gasteiger charge is -2.54. The molecule has 0 unspecified atom stereocenters. The van der Waals surface area contributed by atoms with Crippen molar-refractivity contribution in [3.05, 3.63) is 22.9 Å². The predicted molar refractivity (Wildman–Crippen MR) is 169 cm³/mol. The summed E-state index contributed by atoms with van der Waals surface area (Å²) in [5.41, 5.74) is 5.87. The Morgan fingerprint density at radius 2 is 1.86 bits per heavy atom. The minimum absolute atomic E-state index is 0.0497. The monoisotopic (exact) mass is 687 g/mol. The number of nitrogen functional groups attached to an aromatic ring is 1. The van der Waals surface area contributed by atoms with Gasteiger partial charge >= 0.3 is 6.09 Å². The maximum atomic E-state index is 14.1. The van der Waals surface area contributed by atoms with Crippen LogP contribution >= 0.6 is 27.7 Å². The normalized spacial score (nSPS) is 20.8. The molecule has 0 spiro atoms. The van der Waals surface area contributed by atoms with Crippen LogP contribution in [0, 0.1) is 11.3 Å². The summed E-state index contributed by atoms with van der Waals surface area (Å²) in [4.78, 5) is 44.2. The van der Waals surface area contributed by atoms with Gasteiger partial charge in [0.1, 0.15) is 11.9 Å². The fourth-order valence-corrected chi connectivity index (χ4v) is 8.35. The number of benzene rings is 1. The van der Waals surface area contributed by atoms with Crippen LogP contribution in [0.4, 0.5) is 10.6 Å². The maximum absolute atomic E-state index is 14.1. The number of carboxylic acid groups (broad SMARTS) is 1. The highest BCUT2D eigenvalue weighted by molar-refractivity contribution is 9.10. The average Bonchev–Trinajstić information content (AvgIpc) is 3.59. The smallest absolute Gasteiger partial charge is 0.408 e. The number of imidazole rings is 1. The molecular formula is C30H38BrN7O5S. The van der Waals surface area contributed by atoms with Crippen molar-refractivity contribution in [2.75, 3.05) is 32.2 Å². The zero-order valence-electron chi connectivity index (χ0n) is 25.2. The Bertz CT molecular complexity index is 1590. The Balaban J connectivity index is 1.17. The van der Waals surface area contributed by atoms with Crippen LogP contribution in [0.25, 0.3) is 11.2 Å². The fraction of sp³-hybridized carbons (Fsp3) is 0.567. The topological polar surface area (TPSA) is 149 Å². The lowest BCUT2D eigenvalue weighted by atomic mass is 9.66. The number of nitrogens with zero attached hydrogens (tertiary/aromatic N) is 6. The van der Waals surface area contributed by atoms with E-state index in [1.54, 1.807) is 0 Å². The number of aryl methyl sites for hydroxylation is 1.